The zero-order valence-electron chi connectivity index (χ0n) is 13.0. The predicted molar refractivity (Wildman–Crippen MR) is 86.2 cm³/mol. The van der Waals surface area contributed by atoms with Gasteiger partial charge in [-0.05, 0) is 37.7 Å². The van der Waals surface area contributed by atoms with E-state index in [-0.39, 0.29) is 0 Å². The van der Waals surface area contributed by atoms with Crippen molar-refractivity contribution in [2.75, 3.05) is 19.7 Å². The molecule has 2 fully saturated rings. The topological polar surface area (TPSA) is 35.5 Å². The highest BCUT2D eigenvalue weighted by Gasteiger charge is 2.32. The van der Waals surface area contributed by atoms with E-state index in [0.717, 1.165) is 6.54 Å². The lowest BCUT2D eigenvalue weighted by molar-refractivity contribution is 0.196. The van der Waals surface area contributed by atoms with Gasteiger partial charge < -0.3 is 10.4 Å². The first-order valence-corrected chi connectivity index (χ1v) is 8.44. The number of aliphatic hydroxyl groups is 1. The van der Waals surface area contributed by atoms with Crippen LogP contribution in [0.3, 0.4) is 0 Å². The van der Waals surface area contributed by atoms with E-state index in [1.54, 1.807) is 0 Å². The third kappa shape index (κ3) is 3.47. The minimum Gasteiger partial charge on any atom is -0.396 e. The van der Waals surface area contributed by atoms with Gasteiger partial charge in [-0.25, -0.2) is 0 Å². The van der Waals surface area contributed by atoms with E-state index < -0.39 is 0 Å². The Labute approximate surface area is 128 Å². The summed E-state index contributed by atoms with van der Waals surface area (Å²) in [6.07, 6.45) is 4.91. The van der Waals surface area contributed by atoms with E-state index >= 15 is 0 Å². The smallest absolute Gasteiger partial charge is 0.0474 e. The van der Waals surface area contributed by atoms with Gasteiger partial charge >= 0.3 is 0 Å². The van der Waals surface area contributed by atoms with Crippen LogP contribution in [0.2, 0.25) is 0 Å². The van der Waals surface area contributed by atoms with E-state index in [0.29, 0.717) is 30.7 Å². The van der Waals surface area contributed by atoms with Gasteiger partial charge in [-0.3, -0.25) is 4.90 Å². The van der Waals surface area contributed by atoms with Crippen LogP contribution in [0.5, 0.6) is 0 Å². The maximum atomic E-state index is 9.45. The van der Waals surface area contributed by atoms with E-state index in [1.165, 1.54) is 37.8 Å². The molecular formula is C18H28N2O. The molecule has 2 N–H and O–H groups in total. The number of aliphatic hydroxyl groups excluding tert-OH is 1. The van der Waals surface area contributed by atoms with Crippen molar-refractivity contribution in [3.63, 3.8) is 0 Å². The van der Waals surface area contributed by atoms with Crippen LogP contribution in [0.25, 0.3) is 0 Å². The highest BCUT2D eigenvalue weighted by Crippen LogP contribution is 2.28. The molecule has 3 heteroatoms. The Morgan fingerprint density at radius 1 is 1.24 bits per heavy atom. The molecule has 0 spiro atoms. The lowest BCUT2D eigenvalue weighted by atomic mass is 10.0. The van der Waals surface area contributed by atoms with Crippen LogP contribution in [-0.2, 0) is 0 Å². The van der Waals surface area contributed by atoms with Gasteiger partial charge in [0.2, 0.25) is 0 Å². The summed E-state index contributed by atoms with van der Waals surface area (Å²) in [6.45, 7) is 4.95. The van der Waals surface area contributed by atoms with Crippen molar-refractivity contribution < 1.29 is 5.11 Å². The summed E-state index contributed by atoms with van der Waals surface area (Å²) in [5.41, 5.74) is 1.41. The third-order valence-electron chi connectivity index (χ3n) is 5.39. The molecule has 1 aromatic rings. The van der Waals surface area contributed by atoms with Crippen LogP contribution in [0, 0.1) is 5.92 Å². The molecule has 3 rings (SSSR count). The van der Waals surface area contributed by atoms with Gasteiger partial charge in [0.05, 0.1) is 0 Å². The summed E-state index contributed by atoms with van der Waals surface area (Å²) < 4.78 is 0. The van der Waals surface area contributed by atoms with Gasteiger partial charge in [0.15, 0.2) is 0 Å². The summed E-state index contributed by atoms with van der Waals surface area (Å²) in [4.78, 5) is 2.58. The Bertz CT molecular complexity index is 436. The number of nitrogens with zero attached hydrogens (tertiary/aromatic N) is 1. The number of benzene rings is 1. The Morgan fingerprint density at radius 2 is 2.05 bits per heavy atom. The second kappa shape index (κ2) is 6.91. The zero-order valence-corrected chi connectivity index (χ0v) is 13.0. The molecule has 21 heavy (non-hydrogen) atoms. The molecule has 1 saturated carbocycles. The molecule has 1 saturated heterocycles. The van der Waals surface area contributed by atoms with Crippen LogP contribution in [0.4, 0.5) is 0 Å². The fourth-order valence-corrected chi connectivity index (χ4v) is 4.00. The number of hydrogen-bond donors (Lipinski definition) is 2. The number of hydrogen-bond acceptors (Lipinski definition) is 3. The third-order valence-corrected chi connectivity index (χ3v) is 5.39. The van der Waals surface area contributed by atoms with E-state index in [9.17, 15) is 5.11 Å². The number of rotatable bonds is 5. The minimum atomic E-state index is 0.342. The van der Waals surface area contributed by atoms with E-state index in [1.807, 2.05) is 0 Å². The van der Waals surface area contributed by atoms with E-state index in [4.69, 9.17) is 0 Å². The van der Waals surface area contributed by atoms with Crippen molar-refractivity contribution in [3.05, 3.63) is 35.9 Å². The van der Waals surface area contributed by atoms with Gasteiger partial charge in [0.1, 0.15) is 0 Å². The molecule has 1 heterocycles. The predicted octanol–water partition coefficient (Wildman–Crippen LogP) is 2.57. The number of likely N-dealkylation sites (tertiary alicyclic amines) is 1. The molecule has 116 valence electrons. The highest BCUT2D eigenvalue weighted by molar-refractivity contribution is 5.18. The molecule has 0 amide bonds. The Hall–Kier alpha value is -0.900. The molecule has 0 radical (unpaired) electrons. The summed E-state index contributed by atoms with van der Waals surface area (Å²) in [6, 6.07) is 12.4. The molecule has 1 aliphatic heterocycles. The largest absolute Gasteiger partial charge is 0.396 e. The fraction of sp³-hybridized carbons (Fsp3) is 0.667. The summed E-state index contributed by atoms with van der Waals surface area (Å²) in [5.74, 6) is 0.477. The Balaban J connectivity index is 1.53. The molecule has 1 aliphatic carbocycles. The number of nitrogens with one attached hydrogen (secondary N) is 1. The van der Waals surface area contributed by atoms with Crippen LogP contribution >= 0.6 is 0 Å². The summed E-state index contributed by atoms with van der Waals surface area (Å²) in [5, 5.41) is 13.3. The monoisotopic (exact) mass is 288 g/mol. The van der Waals surface area contributed by atoms with Gasteiger partial charge in [-0.2, -0.15) is 0 Å². The summed E-state index contributed by atoms with van der Waals surface area (Å²) >= 11 is 0. The zero-order chi connectivity index (χ0) is 14.7. The average molecular weight is 288 g/mol. The van der Waals surface area contributed by atoms with Crippen molar-refractivity contribution in [2.45, 2.75) is 50.7 Å². The van der Waals surface area contributed by atoms with Crippen molar-refractivity contribution >= 4 is 0 Å². The van der Waals surface area contributed by atoms with Crippen molar-refractivity contribution in [1.82, 2.24) is 10.2 Å². The highest BCUT2D eigenvalue weighted by atomic mass is 16.3. The maximum Gasteiger partial charge on any atom is 0.0474 e. The lowest BCUT2D eigenvalue weighted by Crippen LogP contribution is -2.43. The molecule has 0 bridgehead atoms. The van der Waals surface area contributed by atoms with Crippen LogP contribution in [0.1, 0.15) is 44.2 Å². The van der Waals surface area contributed by atoms with Gasteiger partial charge in [0.25, 0.3) is 0 Å². The SMILES string of the molecule is CC(c1ccccc1)N1CCC(NC2CCCC2CO)C1. The Morgan fingerprint density at radius 3 is 2.81 bits per heavy atom. The van der Waals surface area contributed by atoms with Crippen molar-refractivity contribution in [2.24, 2.45) is 5.92 Å². The lowest BCUT2D eigenvalue weighted by Gasteiger charge is -2.27. The average Bonchev–Trinajstić information content (AvgIpc) is 3.17. The molecule has 4 unspecified atom stereocenters. The molecular weight excluding hydrogens is 260 g/mol. The van der Waals surface area contributed by atoms with Crippen LogP contribution < -0.4 is 5.32 Å². The first kappa shape index (κ1) is 15.0. The van der Waals surface area contributed by atoms with Gasteiger partial charge in [-0.1, -0.05) is 36.8 Å². The normalized spacial score (nSPS) is 31.6. The van der Waals surface area contributed by atoms with Gasteiger partial charge in [-0.15, -0.1) is 0 Å². The molecule has 0 aromatic heterocycles. The molecule has 4 atom stereocenters. The minimum absolute atomic E-state index is 0.342. The Kier molecular flexibility index (Phi) is 4.94. The van der Waals surface area contributed by atoms with Crippen LogP contribution in [0.15, 0.2) is 30.3 Å². The first-order valence-electron chi connectivity index (χ1n) is 8.44. The molecule has 1 aromatic carbocycles. The summed E-state index contributed by atoms with van der Waals surface area (Å²) in [7, 11) is 0. The first-order chi connectivity index (χ1) is 10.3. The van der Waals surface area contributed by atoms with Crippen molar-refractivity contribution in [3.8, 4) is 0 Å². The molecule has 3 nitrogen and oxygen atoms in total. The second-order valence-electron chi connectivity index (χ2n) is 6.71. The second-order valence-corrected chi connectivity index (χ2v) is 6.71. The van der Waals surface area contributed by atoms with Crippen molar-refractivity contribution in [1.29, 1.82) is 0 Å². The fourth-order valence-electron chi connectivity index (χ4n) is 4.00. The maximum absolute atomic E-state index is 9.45. The van der Waals surface area contributed by atoms with Gasteiger partial charge in [0, 0.05) is 37.8 Å². The standard InChI is InChI=1S/C18H28N2O/c1-14(15-6-3-2-4-7-15)20-11-10-17(12-20)19-18-9-5-8-16(18)13-21/h2-4,6-7,14,16-19,21H,5,8-13H2,1H3. The molecule has 2 aliphatic rings. The van der Waals surface area contributed by atoms with E-state index in [2.05, 4.69) is 47.5 Å². The van der Waals surface area contributed by atoms with Crippen LogP contribution in [-0.4, -0.2) is 41.8 Å². The quantitative estimate of drug-likeness (QED) is 0.874.